The Balaban J connectivity index is 0.000000247. The molecule has 2 aliphatic rings. The third-order valence-corrected chi connectivity index (χ3v) is 4.35. The monoisotopic (exact) mass is 275 g/mol. The van der Waals surface area contributed by atoms with Crippen LogP contribution in [0.4, 0.5) is 0 Å². The van der Waals surface area contributed by atoms with Gasteiger partial charge in [-0.25, -0.2) is 0 Å². The lowest BCUT2D eigenvalue weighted by atomic mass is 9.95. The topological polar surface area (TPSA) is 12.0 Å². The van der Waals surface area contributed by atoms with Crippen LogP contribution >= 0.6 is 0 Å². The molecule has 0 spiro atoms. The summed E-state index contributed by atoms with van der Waals surface area (Å²) in [4.78, 5) is 0. The Morgan fingerprint density at radius 1 is 0.900 bits per heavy atom. The van der Waals surface area contributed by atoms with Crippen LogP contribution < -0.4 is 5.32 Å². The Labute approximate surface area is 126 Å². The van der Waals surface area contributed by atoms with E-state index in [2.05, 4.69) is 32.2 Å². The van der Waals surface area contributed by atoms with E-state index in [4.69, 9.17) is 0 Å². The highest BCUT2D eigenvalue weighted by atomic mass is 14.8. The largest absolute Gasteiger partial charge is 0.318 e. The fourth-order valence-corrected chi connectivity index (χ4v) is 3.10. The van der Waals surface area contributed by atoms with E-state index in [0.717, 1.165) is 0 Å². The fourth-order valence-electron chi connectivity index (χ4n) is 3.10. The predicted octanol–water partition coefficient (Wildman–Crippen LogP) is 4.61. The molecule has 20 heavy (non-hydrogen) atoms. The molecule has 1 nitrogen and oxygen atoms in total. The lowest BCUT2D eigenvalue weighted by molar-refractivity contribution is 0.668. The lowest BCUT2D eigenvalue weighted by Crippen LogP contribution is -2.15. The maximum atomic E-state index is 3.03. The van der Waals surface area contributed by atoms with Gasteiger partial charge in [-0.3, -0.25) is 0 Å². The molecular formula is C19H33N. The molecule has 1 aromatic rings. The van der Waals surface area contributed by atoms with Crippen LogP contribution in [0.5, 0.6) is 0 Å². The molecule has 1 N–H and O–H groups in total. The van der Waals surface area contributed by atoms with Gasteiger partial charge in [-0.05, 0) is 80.3 Å². The van der Waals surface area contributed by atoms with E-state index in [1.807, 2.05) is 20.9 Å². The van der Waals surface area contributed by atoms with E-state index in [1.165, 1.54) is 38.5 Å². The number of benzene rings is 1. The quantitative estimate of drug-likeness (QED) is 0.789. The Morgan fingerprint density at radius 2 is 1.30 bits per heavy atom. The minimum Gasteiger partial charge on any atom is -0.318 e. The summed E-state index contributed by atoms with van der Waals surface area (Å²) < 4.78 is 0. The van der Waals surface area contributed by atoms with Crippen LogP contribution in [0.1, 0.15) is 68.4 Å². The molecule has 1 heteroatoms. The zero-order valence-electron chi connectivity index (χ0n) is 14.4. The molecular weight excluding hydrogens is 242 g/mol. The number of fused-ring (bicyclic) bond motifs is 2. The Hall–Kier alpha value is -0.820. The van der Waals surface area contributed by atoms with Gasteiger partial charge in [0.25, 0.3) is 0 Å². The first-order valence-corrected chi connectivity index (χ1v) is 8.43. The summed E-state index contributed by atoms with van der Waals surface area (Å²) in [5, 5.41) is 3.03. The highest BCUT2D eigenvalue weighted by Gasteiger charge is 2.21. The fraction of sp³-hybridized carbons (Fsp3) is 0.684. The summed E-state index contributed by atoms with van der Waals surface area (Å²) in [5.41, 5.74) is 8.36. The average molecular weight is 275 g/mol. The first-order chi connectivity index (χ1) is 9.63. The van der Waals surface area contributed by atoms with Crippen molar-refractivity contribution in [1.29, 1.82) is 0 Å². The average Bonchev–Trinajstić information content (AvgIpc) is 3.10. The van der Waals surface area contributed by atoms with Gasteiger partial charge < -0.3 is 5.32 Å². The van der Waals surface area contributed by atoms with E-state index in [1.54, 1.807) is 27.8 Å². The van der Waals surface area contributed by atoms with E-state index in [9.17, 15) is 0 Å². The van der Waals surface area contributed by atoms with E-state index >= 15 is 0 Å². The Bertz CT molecular complexity index is 386. The van der Waals surface area contributed by atoms with E-state index < -0.39 is 0 Å². The van der Waals surface area contributed by atoms with Crippen molar-refractivity contribution >= 4 is 0 Å². The van der Waals surface area contributed by atoms with Crippen LogP contribution in [0.3, 0.4) is 0 Å². The van der Waals surface area contributed by atoms with Gasteiger partial charge in [0.05, 0.1) is 0 Å². The smallest absolute Gasteiger partial charge is 0.000733 e. The van der Waals surface area contributed by atoms with Crippen LogP contribution in [0.15, 0.2) is 6.07 Å². The first-order valence-electron chi connectivity index (χ1n) is 8.43. The second kappa shape index (κ2) is 8.46. The maximum Gasteiger partial charge on any atom is 0.000733 e. The van der Waals surface area contributed by atoms with Crippen LogP contribution in [-0.4, -0.2) is 13.1 Å². The molecule has 2 aliphatic carbocycles. The molecule has 0 fully saturated rings. The summed E-state index contributed by atoms with van der Waals surface area (Å²) in [6, 6.07) is 3.13. The van der Waals surface area contributed by atoms with Crippen LogP contribution in [0.25, 0.3) is 0 Å². The molecule has 0 heterocycles. The van der Waals surface area contributed by atoms with Gasteiger partial charge in [0, 0.05) is 6.04 Å². The molecule has 0 saturated heterocycles. The normalized spacial score (nSPS) is 14.9. The molecule has 0 aliphatic heterocycles. The molecule has 0 amide bonds. The number of hydrogen-bond donors (Lipinski definition) is 1. The van der Waals surface area contributed by atoms with Crippen molar-refractivity contribution in [1.82, 2.24) is 5.32 Å². The minimum absolute atomic E-state index is 0.634. The van der Waals surface area contributed by atoms with Gasteiger partial charge in [0.15, 0.2) is 0 Å². The van der Waals surface area contributed by atoms with Gasteiger partial charge in [0.2, 0.25) is 0 Å². The zero-order chi connectivity index (χ0) is 15.1. The summed E-state index contributed by atoms with van der Waals surface area (Å²) >= 11 is 0. The SMILES string of the molecule is CC.CNC(C)C.Cc1c2c(cc3c1CCC3)CCC2. The van der Waals surface area contributed by atoms with Gasteiger partial charge in [-0.1, -0.05) is 33.8 Å². The number of nitrogens with one attached hydrogen (secondary N) is 1. The molecule has 0 radical (unpaired) electrons. The van der Waals surface area contributed by atoms with Crippen LogP contribution in [0, 0.1) is 6.92 Å². The van der Waals surface area contributed by atoms with Crippen molar-refractivity contribution in [3.05, 3.63) is 33.9 Å². The second-order valence-corrected chi connectivity index (χ2v) is 5.93. The van der Waals surface area contributed by atoms with Gasteiger partial charge in [-0.2, -0.15) is 0 Å². The molecule has 0 aromatic heterocycles. The van der Waals surface area contributed by atoms with Crippen molar-refractivity contribution in [2.75, 3.05) is 7.05 Å². The van der Waals surface area contributed by atoms with Crippen molar-refractivity contribution in [3.8, 4) is 0 Å². The molecule has 0 atom stereocenters. The highest BCUT2D eigenvalue weighted by molar-refractivity contribution is 5.49. The van der Waals surface area contributed by atoms with Crippen molar-refractivity contribution in [2.45, 2.75) is 79.2 Å². The van der Waals surface area contributed by atoms with Gasteiger partial charge in [0.1, 0.15) is 0 Å². The standard InChI is InChI=1S/C13H16.C4H11N.C2H6/c1-9-12-6-2-4-10(12)8-11-5-3-7-13(9)11;1-4(2)5-3;1-2/h8H,2-7H2,1H3;4-5H,1-3H3;1-2H3. The third kappa shape index (κ3) is 4.09. The molecule has 0 bridgehead atoms. The summed E-state index contributed by atoms with van der Waals surface area (Å²) in [7, 11) is 1.95. The summed E-state index contributed by atoms with van der Waals surface area (Å²) in [6.45, 7) is 10.6. The summed E-state index contributed by atoms with van der Waals surface area (Å²) in [5.74, 6) is 0. The van der Waals surface area contributed by atoms with Crippen LogP contribution in [0.2, 0.25) is 0 Å². The second-order valence-electron chi connectivity index (χ2n) is 5.93. The first kappa shape index (κ1) is 17.2. The van der Waals surface area contributed by atoms with Crippen molar-refractivity contribution in [2.24, 2.45) is 0 Å². The molecule has 114 valence electrons. The van der Waals surface area contributed by atoms with Crippen molar-refractivity contribution in [3.63, 3.8) is 0 Å². The van der Waals surface area contributed by atoms with Gasteiger partial charge in [-0.15, -0.1) is 0 Å². The zero-order valence-corrected chi connectivity index (χ0v) is 14.4. The van der Waals surface area contributed by atoms with Crippen molar-refractivity contribution < 1.29 is 0 Å². The maximum absolute atomic E-state index is 3.03. The summed E-state index contributed by atoms with van der Waals surface area (Å²) in [6.07, 6.45) is 8.13. The highest BCUT2D eigenvalue weighted by Crippen LogP contribution is 2.34. The lowest BCUT2D eigenvalue weighted by Gasteiger charge is -2.10. The number of hydrogen-bond acceptors (Lipinski definition) is 1. The van der Waals surface area contributed by atoms with Gasteiger partial charge >= 0.3 is 0 Å². The van der Waals surface area contributed by atoms with E-state index in [-0.39, 0.29) is 0 Å². The number of aryl methyl sites for hydroxylation is 2. The molecule has 3 rings (SSSR count). The minimum atomic E-state index is 0.634. The Kier molecular flexibility index (Phi) is 7.29. The molecule has 0 saturated carbocycles. The molecule has 1 aromatic carbocycles. The third-order valence-electron chi connectivity index (χ3n) is 4.35. The predicted molar refractivity (Wildman–Crippen MR) is 90.8 cm³/mol. The number of rotatable bonds is 1. The van der Waals surface area contributed by atoms with Crippen LogP contribution in [-0.2, 0) is 25.7 Å². The molecule has 0 unspecified atom stereocenters. The Morgan fingerprint density at radius 3 is 1.65 bits per heavy atom. The van der Waals surface area contributed by atoms with E-state index in [0.29, 0.717) is 6.04 Å².